The minimum absolute atomic E-state index is 0.0925. The number of carbonyl (C=O) groups is 1. The number of aliphatic hydroxyl groups excluding tert-OH is 1. The van der Waals surface area contributed by atoms with Crippen molar-refractivity contribution in [3.05, 3.63) is 23.5 Å². The molecule has 2 aromatic rings. The van der Waals surface area contributed by atoms with Crippen LogP contribution in [0.2, 0.25) is 0 Å². The Morgan fingerprint density at radius 2 is 2.13 bits per heavy atom. The van der Waals surface area contributed by atoms with Crippen LogP contribution in [-0.2, 0) is 4.79 Å². The highest BCUT2D eigenvalue weighted by atomic mass is 16.3. The summed E-state index contributed by atoms with van der Waals surface area (Å²) in [5, 5.41) is 14.4. The number of hydrogen-bond acceptors (Lipinski definition) is 7. The zero-order valence-electron chi connectivity index (χ0n) is 17.9. The van der Waals surface area contributed by atoms with Gasteiger partial charge < -0.3 is 26.4 Å². The number of piperidine rings is 1. The first-order valence-electron chi connectivity index (χ1n) is 10.9. The maximum atomic E-state index is 13.1. The number of amides is 1. The summed E-state index contributed by atoms with van der Waals surface area (Å²) in [5.41, 5.74) is 14.7. The minimum atomic E-state index is -0.589. The molecular weight excluding hydrogens is 382 g/mol. The Labute approximate surface area is 177 Å². The highest BCUT2D eigenvalue weighted by Crippen LogP contribution is 2.33. The molecule has 2 unspecified atom stereocenters. The molecule has 0 saturated carbocycles. The van der Waals surface area contributed by atoms with E-state index in [2.05, 4.69) is 4.90 Å². The largest absolute Gasteiger partial charge is 0.395 e. The van der Waals surface area contributed by atoms with Crippen molar-refractivity contribution >= 4 is 17.4 Å². The van der Waals surface area contributed by atoms with Crippen molar-refractivity contribution in [1.29, 1.82) is 0 Å². The Morgan fingerprint density at radius 1 is 1.33 bits per heavy atom. The summed E-state index contributed by atoms with van der Waals surface area (Å²) in [5.74, 6) is 0.273. The number of aryl methyl sites for hydroxylation is 1. The Kier molecular flexibility index (Phi) is 5.95. The van der Waals surface area contributed by atoms with Crippen molar-refractivity contribution in [2.24, 2.45) is 17.4 Å². The number of aliphatic hydroxyl groups is 1. The first-order valence-corrected chi connectivity index (χ1v) is 10.9. The molecule has 9 nitrogen and oxygen atoms in total. The normalized spacial score (nSPS) is 24.4. The first-order chi connectivity index (χ1) is 14.4. The van der Waals surface area contributed by atoms with Gasteiger partial charge >= 0.3 is 0 Å². The van der Waals surface area contributed by atoms with Crippen LogP contribution in [0, 0.1) is 12.8 Å². The standard InChI is InChI=1S/C21H33N7O2/c1-13-10-28-19(24-20(13)26-8-6-15(23)11-26)9-17(25-28)18-5-3-4-7-27(18)21(30)16(12-29)14(2)22/h9-10,14-16,18,29H,3-8,11-12,22-23H2,1-2H3/t14?,15-,16?,18-/m0/s1. The average Bonchev–Trinajstić information content (AvgIpc) is 3.33. The van der Waals surface area contributed by atoms with Gasteiger partial charge in [0.05, 0.1) is 24.3 Å². The van der Waals surface area contributed by atoms with Crippen LogP contribution in [-0.4, -0.2) is 68.8 Å². The van der Waals surface area contributed by atoms with Gasteiger partial charge in [0, 0.05) is 49.5 Å². The van der Waals surface area contributed by atoms with Gasteiger partial charge in [-0.25, -0.2) is 9.50 Å². The van der Waals surface area contributed by atoms with E-state index in [1.165, 1.54) is 0 Å². The Balaban J connectivity index is 1.64. The maximum Gasteiger partial charge on any atom is 0.230 e. The zero-order valence-corrected chi connectivity index (χ0v) is 17.9. The smallest absolute Gasteiger partial charge is 0.230 e. The van der Waals surface area contributed by atoms with Crippen LogP contribution >= 0.6 is 0 Å². The molecule has 2 aliphatic heterocycles. The molecule has 0 spiro atoms. The lowest BCUT2D eigenvalue weighted by Crippen LogP contribution is -2.47. The van der Waals surface area contributed by atoms with Gasteiger partial charge in [-0.15, -0.1) is 0 Å². The summed E-state index contributed by atoms with van der Waals surface area (Å²) < 4.78 is 1.80. The van der Waals surface area contributed by atoms with Crippen LogP contribution in [0.3, 0.4) is 0 Å². The van der Waals surface area contributed by atoms with Gasteiger partial charge in [0.1, 0.15) is 5.82 Å². The maximum absolute atomic E-state index is 13.1. The van der Waals surface area contributed by atoms with E-state index in [9.17, 15) is 9.90 Å². The lowest BCUT2D eigenvalue weighted by atomic mass is 9.94. The monoisotopic (exact) mass is 415 g/mol. The van der Waals surface area contributed by atoms with Crippen LogP contribution in [0.25, 0.3) is 5.65 Å². The average molecular weight is 416 g/mol. The van der Waals surface area contributed by atoms with E-state index >= 15 is 0 Å². The van der Waals surface area contributed by atoms with Gasteiger partial charge in [-0.3, -0.25) is 4.79 Å². The molecular formula is C21H33N7O2. The highest BCUT2D eigenvalue weighted by Gasteiger charge is 2.35. The van der Waals surface area contributed by atoms with E-state index in [0.29, 0.717) is 6.54 Å². The second-order valence-corrected chi connectivity index (χ2v) is 8.81. The summed E-state index contributed by atoms with van der Waals surface area (Å²) in [6, 6.07) is 1.65. The Morgan fingerprint density at radius 3 is 2.80 bits per heavy atom. The van der Waals surface area contributed by atoms with Crippen LogP contribution in [0.4, 0.5) is 5.82 Å². The molecule has 4 atom stereocenters. The van der Waals surface area contributed by atoms with Crippen LogP contribution in [0.15, 0.2) is 12.3 Å². The van der Waals surface area contributed by atoms with Crippen LogP contribution in [0.5, 0.6) is 0 Å². The second kappa shape index (κ2) is 8.49. The summed E-state index contributed by atoms with van der Waals surface area (Å²) in [7, 11) is 0. The molecule has 0 aliphatic carbocycles. The number of hydrogen-bond donors (Lipinski definition) is 3. The number of carbonyl (C=O) groups excluding carboxylic acids is 1. The fraction of sp³-hybridized carbons (Fsp3) is 0.667. The lowest BCUT2D eigenvalue weighted by Gasteiger charge is -2.37. The van der Waals surface area contributed by atoms with E-state index in [-0.39, 0.29) is 24.6 Å². The third-order valence-corrected chi connectivity index (χ3v) is 6.42. The van der Waals surface area contributed by atoms with Crippen molar-refractivity contribution in [3.8, 4) is 0 Å². The molecule has 2 aliphatic rings. The molecule has 0 bridgehead atoms. The summed E-state index contributed by atoms with van der Waals surface area (Å²) >= 11 is 0. The number of anilines is 1. The van der Waals surface area contributed by atoms with E-state index < -0.39 is 12.0 Å². The summed E-state index contributed by atoms with van der Waals surface area (Å²) in [6.45, 7) is 5.95. The number of nitrogens with zero attached hydrogens (tertiary/aromatic N) is 5. The van der Waals surface area contributed by atoms with Crippen molar-refractivity contribution < 1.29 is 9.90 Å². The van der Waals surface area contributed by atoms with Crippen molar-refractivity contribution in [3.63, 3.8) is 0 Å². The molecule has 164 valence electrons. The molecule has 0 radical (unpaired) electrons. The molecule has 30 heavy (non-hydrogen) atoms. The lowest BCUT2D eigenvalue weighted by molar-refractivity contribution is -0.141. The highest BCUT2D eigenvalue weighted by molar-refractivity contribution is 5.80. The fourth-order valence-electron chi connectivity index (χ4n) is 4.67. The van der Waals surface area contributed by atoms with Gasteiger partial charge in [-0.2, -0.15) is 5.10 Å². The molecule has 4 heterocycles. The topological polar surface area (TPSA) is 126 Å². The predicted octanol–water partition coefficient (Wildman–Crippen LogP) is 0.584. The molecule has 4 rings (SSSR count). The first kappa shape index (κ1) is 21.0. The van der Waals surface area contributed by atoms with E-state index in [1.807, 2.05) is 24.1 Å². The number of aromatic nitrogens is 3. The van der Waals surface area contributed by atoms with E-state index in [0.717, 1.165) is 61.5 Å². The molecule has 5 N–H and O–H groups in total. The van der Waals surface area contributed by atoms with Gasteiger partial charge in [0.2, 0.25) is 5.91 Å². The third-order valence-electron chi connectivity index (χ3n) is 6.42. The van der Waals surface area contributed by atoms with Crippen molar-refractivity contribution in [1.82, 2.24) is 19.5 Å². The SMILES string of the molecule is Cc1cn2nc([C@@H]3CCCCN3C(=O)C(CO)C(C)N)cc2nc1N1CC[C@H](N)C1. The predicted molar refractivity (Wildman–Crippen MR) is 115 cm³/mol. The minimum Gasteiger partial charge on any atom is -0.395 e. The van der Waals surface area contributed by atoms with Crippen molar-refractivity contribution in [2.45, 2.75) is 57.7 Å². The quantitative estimate of drug-likeness (QED) is 0.652. The van der Waals surface area contributed by atoms with E-state index in [1.54, 1.807) is 11.4 Å². The number of likely N-dealkylation sites (tertiary alicyclic amines) is 1. The molecule has 9 heteroatoms. The van der Waals surface area contributed by atoms with Gasteiger partial charge in [-0.1, -0.05) is 0 Å². The number of fused-ring (bicyclic) bond motifs is 1. The van der Waals surface area contributed by atoms with E-state index in [4.69, 9.17) is 21.5 Å². The van der Waals surface area contributed by atoms with Crippen LogP contribution in [0.1, 0.15) is 49.9 Å². The fourth-order valence-corrected chi connectivity index (χ4v) is 4.67. The summed E-state index contributed by atoms with van der Waals surface area (Å²) in [4.78, 5) is 22.0. The van der Waals surface area contributed by atoms with Gasteiger partial charge in [0.15, 0.2) is 5.65 Å². The molecule has 2 fully saturated rings. The molecule has 1 amide bonds. The Hall–Kier alpha value is -2.23. The van der Waals surface area contributed by atoms with Crippen molar-refractivity contribution in [2.75, 3.05) is 31.1 Å². The van der Waals surface area contributed by atoms with Gasteiger partial charge in [0.25, 0.3) is 0 Å². The zero-order chi connectivity index (χ0) is 21.4. The number of rotatable bonds is 5. The number of nitrogens with two attached hydrogens (primary N) is 2. The van der Waals surface area contributed by atoms with Crippen LogP contribution < -0.4 is 16.4 Å². The molecule has 2 aromatic heterocycles. The molecule has 0 aromatic carbocycles. The Bertz CT molecular complexity index is 912. The molecule has 2 saturated heterocycles. The third kappa shape index (κ3) is 3.89. The van der Waals surface area contributed by atoms with Gasteiger partial charge in [-0.05, 0) is 39.5 Å². The summed E-state index contributed by atoms with van der Waals surface area (Å²) in [6.07, 6.45) is 5.80. The second-order valence-electron chi connectivity index (χ2n) is 8.81.